The molecule has 0 radical (unpaired) electrons. The van der Waals surface area contributed by atoms with E-state index in [1.807, 2.05) is 0 Å². The zero-order valence-electron chi connectivity index (χ0n) is 20.7. The highest BCUT2D eigenvalue weighted by atomic mass is 16.5. The van der Waals surface area contributed by atoms with E-state index in [0.29, 0.717) is 24.3 Å². The number of ether oxygens (including phenoxy) is 2. The lowest BCUT2D eigenvalue weighted by Crippen LogP contribution is -2.71. The summed E-state index contributed by atoms with van der Waals surface area (Å²) in [5.74, 6) is 1.39. The molecule has 1 saturated heterocycles. The molecular formula is C27H37N3O5. The predicted molar refractivity (Wildman–Crippen MR) is 129 cm³/mol. The number of phenolic OH excluding ortho intramolecular Hbond substituents is 1. The number of nitrogens with zero attached hydrogens (tertiary/aromatic N) is 1. The Kier molecular flexibility index (Phi) is 5.35. The molecular weight excluding hydrogens is 446 g/mol. The van der Waals surface area contributed by atoms with E-state index in [-0.39, 0.29) is 47.5 Å². The Morgan fingerprint density at radius 3 is 2.83 bits per heavy atom. The number of piperidine rings is 1. The molecule has 3 aliphatic carbocycles. The van der Waals surface area contributed by atoms with Crippen molar-refractivity contribution in [2.24, 2.45) is 23.0 Å². The first kappa shape index (κ1) is 23.1. The van der Waals surface area contributed by atoms with Gasteiger partial charge >= 0.3 is 0 Å². The number of hydrogen-bond donors (Lipinski definition) is 3. The lowest BCUT2D eigenvalue weighted by Gasteiger charge is -2.63. The average Bonchev–Trinajstić information content (AvgIpc) is 3.57. The van der Waals surface area contributed by atoms with Gasteiger partial charge in [0, 0.05) is 55.5 Å². The number of amides is 2. The summed E-state index contributed by atoms with van der Waals surface area (Å²) in [6.07, 6.45) is 5.21. The van der Waals surface area contributed by atoms with Crippen LogP contribution in [0.25, 0.3) is 0 Å². The SMILES string of the molecule is COC1C2Oc3c(O)ccc4c3C23CCN(CC2CC2)C(C4)C3CC1(C)CNC(=O)CCC(N)=O. The first-order chi connectivity index (χ1) is 16.8. The Balaban J connectivity index is 1.36. The normalized spacial score (nSPS) is 36.9. The maximum Gasteiger partial charge on any atom is 0.220 e. The number of carbonyl (C=O) groups excluding carboxylic acids is 2. The van der Waals surface area contributed by atoms with Crippen molar-refractivity contribution >= 4 is 11.8 Å². The third kappa shape index (κ3) is 3.47. The van der Waals surface area contributed by atoms with Gasteiger partial charge in [-0.15, -0.1) is 0 Å². The number of rotatable bonds is 8. The minimum Gasteiger partial charge on any atom is -0.504 e. The van der Waals surface area contributed by atoms with E-state index in [1.165, 1.54) is 24.0 Å². The van der Waals surface area contributed by atoms with Gasteiger partial charge < -0.3 is 25.6 Å². The molecule has 2 aliphatic heterocycles. The maximum absolute atomic E-state index is 12.5. The minimum absolute atomic E-state index is 0.0449. The van der Waals surface area contributed by atoms with Gasteiger partial charge in [-0.1, -0.05) is 13.0 Å². The summed E-state index contributed by atoms with van der Waals surface area (Å²) in [4.78, 5) is 26.3. The topological polar surface area (TPSA) is 114 Å². The lowest BCUT2D eigenvalue weighted by molar-refractivity contribution is -0.172. The van der Waals surface area contributed by atoms with Crippen LogP contribution in [0.1, 0.15) is 56.6 Å². The van der Waals surface area contributed by atoms with Crippen LogP contribution in [-0.2, 0) is 26.2 Å². The predicted octanol–water partition coefficient (Wildman–Crippen LogP) is 1.85. The molecule has 6 unspecified atom stereocenters. The largest absolute Gasteiger partial charge is 0.504 e. The van der Waals surface area contributed by atoms with E-state index in [2.05, 4.69) is 23.2 Å². The van der Waals surface area contributed by atoms with Crippen molar-refractivity contribution in [1.82, 2.24) is 10.2 Å². The summed E-state index contributed by atoms with van der Waals surface area (Å²) in [6.45, 7) is 4.84. The molecule has 1 aromatic rings. The molecule has 8 nitrogen and oxygen atoms in total. The van der Waals surface area contributed by atoms with Gasteiger partial charge in [-0.2, -0.15) is 0 Å². The molecule has 6 rings (SSSR count). The van der Waals surface area contributed by atoms with Crippen LogP contribution in [0.5, 0.6) is 11.5 Å². The molecule has 2 bridgehead atoms. The highest BCUT2D eigenvalue weighted by molar-refractivity contribution is 5.82. The lowest BCUT2D eigenvalue weighted by atomic mass is 9.47. The van der Waals surface area contributed by atoms with Crippen molar-refractivity contribution < 1.29 is 24.2 Å². The first-order valence-electron chi connectivity index (χ1n) is 13.1. The summed E-state index contributed by atoms with van der Waals surface area (Å²) in [7, 11) is 1.73. The first-order valence-corrected chi connectivity index (χ1v) is 13.1. The monoisotopic (exact) mass is 483 g/mol. The second-order valence-corrected chi connectivity index (χ2v) is 11.9. The summed E-state index contributed by atoms with van der Waals surface area (Å²) in [6, 6.07) is 4.30. The molecule has 2 heterocycles. The molecule has 6 atom stereocenters. The van der Waals surface area contributed by atoms with Gasteiger partial charge in [0.05, 0.1) is 0 Å². The van der Waals surface area contributed by atoms with Gasteiger partial charge in [0.25, 0.3) is 0 Å². The Morgan fingerprint density at radius 1 is 1.31 bits per heavy atom. The number of benzene rings is 1. The second kappa shape index (κ2) is 8.10. The van der Waals surface area contributed by atoms with E-state index in [0.717, 1.165) is 38.3 Å². The van der Waals surface area contributed by atoms with Crippen LogP contribution in [0.2, 0.25) is 0 Å². The Morgan fingerprint density at radius 2 is 2.11 bits per heavy atom. The van der Waals surface area contributed by atoms with E-state index >= 15 is 0 Å². The highest BCUT2D eigenvalue weighted by Gasteiger charge is 2.70. The molecule has 8 heteroatoms. The number of phenols is 1. The molecule has 2 saturated carbocycles. The van der Waals surface area contributed by atoms with Crippen LogP contribution >= 0.6 is 0 Å². The van der Waals surface area contributed by atoms with Crippen molar-refractivity contribution in [2.45, 2.75) is 75.5 Å². The maximum atomic E-state index is 12.5. The quantitative estimate of drug-likeness (QED) is 0.520. The van der Waals surface area contributed by atoms with Crippen LogP contribution in [-0.4, -0.2) is 66.8 Å². The van der Waals surface area contributed by atoms with Crippen molar-refractivity contribution in [3.05, 3.63) is 23.3 Å². The molecule has 5 aliphatic rings. The van der Waals surface area contributed by atoms with Crippen molar-refractivity contribution in [3.8, 4) is 11.5 Å². The number of primary amides is 1. The molecule has 4 N–H and O–H groups in total. The summed E-state index contributed by atoms with van der Waals surface area (Å²) >= 11 is 0. The Labute approximate surface area is 206 Å². The highest BCUT2D eigenvalue weighted by Crippen LogP contribution is 2.66. The molecule has 2 amide bonds. The van der Waals surface area contributed by atoms with Crippen LogP contribution in [0.4, 0.5) is 0 Å². The fourth-order valence-corrected chi connectivity index (χ4v) is 7.92. The van der Waals surface area contributed by atoms with Crippen molar-refractivity contribution in [3.63, 3.8) is 0 Å². The van der Waals surface area contributed by atoms with Crippen LogP contribution in [0.3, 0.4) is 0 Å². The molecule has 190 valence electrons. The number of carbonyl (C=O) groups is 2. The summed E-state index contributed by atoms with van der Waals surface area (Å²) < 4.78 is 12.8. The zero-order valence-corrected chi connectivity index (χ0v) is 20.7. The van der Waals surface area contributed by atoms with E-state index in [1.54, 1.807) is 13.2 Å². The number of likely N-dealkylation sites (tertiary alicyclic amines) is 1. The number of methoxy groups -OCH3 is 1. The molecule has 35 heavy (non-hydrogen) atoms. The van der Waals surface area contributed by atoms with Crippen LogP contribution < -0.4 is 15.8 Å². The van der Waals surface area contributed by atoms with Crippen LogP contribution in [0, 0.1) is 17.3 Å². The standard InChI is InChI=1S/C27H37N3O5/c1-26(14-29-21(33)8-7-20(28)32)12-17-18-11-16-5-6-19(31)23-22(16)27(17,25(35-23)24(26)34-2)9-10-30(18)13-15-3-4-15/h5-6,15,17-18,24-25,31H,3-4,7-14H2,1-2H3,(H2,28,32)(H,29,33). The number of aromatic hydroxyl groups is 1. The van der Waals surface area contributed by atoms with E-state index < -0.39 is 5.91 Å². The minimum atomic E-state index is -0.473. The van der Waals surface area contributed by atoms with Gasteiger partial charge in [-0.3, -0.25) is 14.5 Å². The molecule has 1 spiro atoms. The van der Waals surface area contributed by atoms with Gasteiger partial charge in [-0.25, -0.2) is 0 Å². The van der Waals surface area contributed by atoms with E-state index in [4.69, 9.17) is 15.2 Å². The number of hydrogen-bond acceptors (Lipinski definition) is 6. The van der Waals surface area contributed by atoms with Crippen LogP contribution in [0.15, 0.2) is 12.1 Å². The number of nitrogens with one attached hydrogen (secondary N) is 1. The van der Waals surface area contributed by atoms with Gasteiger partial charge in [0.2, 0.25) is 11.8 Å². The zero-order chi connectivity index (χ0) is 24.5. The van der Waals surface area contributed by atoms with Gasteiger partial charge in [0.15, 0.2) is 11.5 Å². The van der Waals surface area contributed by atoms with Crippen molar-refractivity contribution in [1.29, 1.82) is 0 Å². The number of nitrogens with two attached hydrogens (primary N) is 1. The second-order valence-electron chi connectivity index (χ2n) is 11.9. The summed E-state index contributed by atoms with van der Waals surface area (Å²) in [5.41, 5.74) is 7.21. The summed E-state index contributed by atoms with van der Waals surface area (Å²) in [5, 5.41) is 13.8. The molecule has 1 aromatic carbocycles. The smallest absolute Gasteiger partial charge is 0.220 e. The van der Waals surface area contributed by atoms with Gasteiger partial charge in [-0.05, 0) is 62.1 Å². The Hall–Kier alpha value is -2.32. The third-order valence-electron chi connectivity index (χ3n) is 9.66. The Bertz CT molecular complexity index is 1060. The fourth-order valence-electron chi connectivity index (χ4n) is 7.92. The van der Waals surface area contributed by atoms with Gasteiger partial charge in [0.1, 0.15) is 12.2 Å². The van der Waals surface area contributed by atoms with E-state index in [9.17, 15) is 14.7 Å². The van der Waals surface area contributed by atoms with Crippen molar-refractivity contribution in [2.75, 3.05) is 26.7 Å². The molecule has 0 aromatic heterocycles. The molecule has 3 fully saturated rings. The average molecular weight is 484 g/mol. The third-order valence-corrected chi connectivity index (χ3v) is 9.66. The fraction of sp³-hybridized carbons (Fsp3) is 0.704.